The lowest BCUT2D eigenvalue weighted by atomic mass is 9.98. The second kappa shape index (κ2) is 4.94. The molecule has 0 aliphatic heterocycles. The number of nitrogens with two attached hydrogens (primary N) is 1. The molecule has 15 heavy (non-hydrogen) atoms. The normalized spacial score (nSPS) is 11.1. The van der Waals surface area contributed by atoms with Gasteiger partial charge in [-0.2, -0.15) is 0 Å². The zero-order chi connectivity index (χ0) is 11.3. The smallest absolute Gasteiger partial charge is 0.307 e. The van der Waals surface area contributed by atoms with Crippen molar-refractivity contribution >= 4 is 5.97 Å². The van der Waals surface area contributed by atoms with Crippen molar-refractivity contribution in [3.63, 3.8) is 0 Å². The van der Waals surface area contributed by atoms with Crippen LogP contribution >= 0.6 is 0 Å². The number of carbonyl (C=O) groups excluding carboxylic acids is 1. The van der Waals surface area contributed by atoms with Gasteiger partial charge in [0.15, 0.2) is 0 Å². The van der Waals surface area contributed by atoms with Crippen molar-refractivity contribution in [2.24, 2.45) is 5.73 Å². The van der Waals surface area contributed by atoms with E-state index in [-0.39, 0.29) is 12.4 Å². The summed E-state index contributed by atoms with van der Waals surface area (Å²) in [6, 6.07) is 9.66. The maximum Gasteiger partial charge on any atom is 0.307 e. The molecule has 0 radical (unpaired) electrons. The summed E-state index contributed by atoms with van der Waals surface area (Å²) in [6.07, 6.45) is 0.260. The molecule has 0 heterocycles. The SMILES string of the molecule is CC(C)(OC(=O)CCN)c1ccccc1. The first kappa shape index (κ1) is 11.7. The Morgan fingerprint density at radius 1 is 1.33 bits per heavy atom. The molecular weight excluding hydrogens is 190 g/mol. The Hall–Kier alpha value is -1.35. The molecule has 1 aromatic rings. The van der Waals surface area contributed by atoms with Gasteiger partial charge in [-0.25, -0.2) is 0 Å². The standard InChI is InChI=1S/C12H17NO2/c1-12(2,15-11(14)8-9-13)10-6-4-3-5-7-10/h3-7H,8-9,13H2,1-2H3. The van der Waals surface area contributed by atoms with Crippen molar-refractivity contribution in [3.8, 4) is 0 Å². The van der Waals surface area contributed by atoms with Gasteiger partial charge in [0.25, 0.3) is 0 Å². The first-order chi connectivity index (χ1) is 7.06. The molecule has 3 nitrogen and oxygen atoms in total. The van der Waals surface area contributed by atoms with Crippen molar-refractivity contribution < 1.29 is 9.53 Å². The van der Waals surface area contributed by atoms with E-state index in [4.69, 9.17) is 10.5 Å². The highest BCUT2D eigenvalue weighted by atomic mass is 16.6. The van der Waals surface area contributed by atoms with Gasteiger partial charge in [0.1, 0.15) is 5.60 Å². The van der Waals surface area contributed by atoms with Gasteiger partial charge in [-0.3, -0.25) is 4.79 Å². The van der Waals surface area contributed by atoms with Crippen LogP contribution in [0.15, 0.2) is 30.3 Å². The van der Waals surface area contributed by atoms with Crippen molar-refractivity contribution in [2.45, 2.75) is 25.9 Å². The van der Waals surface area contributed by atoms with Crippen LogP contribution in [0.5, 0.6) is 0 Å². The minimum atomic E-state index is -0.590. The Bertz CT molecular complexity index is 320. The molecule has 0 atom stereocenters. The molecule has 3 heteroatoms. The molecule has 0 aromatic heterocycles. The highest BCUT2D eigenvalue weighted by Gasteiger charge is 2.24. The molecule has 2 N–H and O–H groups in total. The molecule has 82 valence electrons. The van der Waals surface area contributed by atoms with Gasteiger partial charge in [0, 0.05) is 6.54 Å². The molecule has 0 unspecified atom stereocenters. The number of hydrogen-bond acceptors (Lipinski definition) is 3. The highest BCUT2D eigenvalue weighted by molar-refractivity contribution is 5.70. The van der Waals surface area contributed by atoms with Crippen LogP contribution < -0.4 is 5.73 Å². The molecule has 0 bridgehead atoms. The average molecular weight is 207 g/mol. The average Bonchev–Trinajstić information content (AvgIpc) is 2.18. The third-order valence-electron chi connectivity index (χ3n) is 2.19. The zero-order valence-corrected chi connectivity index (χ0v) is 9.19. The fourth-order valence-electron chi connectivity index (χ4n) is 1.35. The van der Waals surface area contributed by atoms with Crippen molar-refractivity contribution in [1.82, 2.24) is 0 Å². The van der Waals surface area contributed by atoms with Gasteiger partial charge in [-0.05, 0) is 19.4 Å². The van der Waals surface area contributed by atoms with Crippen molar-refractivity contribution in [3.05, 3.63) is 35.9 Å². The van der Waals surface area contributed by atoms with Gasteiger partial charge < -0.3 is 10.5 Å². The summed E-state index contributed by atoms with van der Waals surface area (Å²) in [5, 5.41) is 0. The summed E-state index contributed by atoms with van der Waals surface area (Å²) in [6.45, 7) is 4.07. The Labute approximate surface area is 90.2 Å². The van der Waals surface area contributed by atoms with Gasteiger partial charge in [0.2, 0.25) is 0 Å². The van der Waals surface area contributed by atoms with E-state index in [1.54, 1.807) is 0 Å². The first-order valence-electron chi connectivity index (χ1n) is 5.03. The van der Waals surface area contributed by atoms with Crippen LogP contribution in [0.3, 0.4) is 0 Å². The van der Waals surface area contributed by atoms with Crippen LogP contribution in [0, 0.1) is 0 Å². The quantitative estimate of drug-likeness (QED) is 0.766. The van der Waals surface area contributed by atoms with E-state index in [1.165, 1.54) is 0 Å². The predicted molar refractivity (Wildman–Crippen MR) is 59.2 cm³/mol. The second-order valence-electron chi connectivity index (χ2n) is 3.89. The summed E-state index contributed by atoms with van der Waals surface area (Å²) in [4.78, 5) is 11.3. The van der Waals surface area contributed by atoms with Crippen LogP contribution in [0.25, 0.3) is 0 Å². The lowest BCUT2D eigenvalue weighted by Crippen LogP contribution is -2.26. The lowest BCUT2D eigenvalue weighted by Gasteiger charge is -2.25. The fraction of sp³-hybridized carbons (Fsp3) is 0.417. The van der Waals surface area contributed by atoms with Gasteiger partial charge >= 0.3 is 5.97 Å². The van der Waals surface area contributed by atoms with Crippen LogP contribution in [-0.4, -0.2) is 12.5 Å². The van der Waals surface area contributed by atoms with Gasteiger partial charge in [-0.1, -0.05) is 30.3 Å². The number of benzene rings is 1. The van der Waals surface area contributed by atoms with E-state index < -0.39 is 5.60 Å². The molecule has 0 saturated carbocycles. The number of ether oxygens (including phenoxy) is 1. The third-order valence-corrected chi connectivity index (χ3v) is 2.19. The Balaban J connectivity index is 2.71. The Kier molecular flexibility index (Phi) is 3.86. The van der Waals surface area contributed by atoms with Crippen LogP contribution in [0.1, 0.15) is 25.8 Å². The maximum absolute atomic E-state index is 11.3. The summed E-state index contributed by atoms with van der Waals surface area (Å²) in [7, 11) is 0. The minimum absolute atomic E-state index is 0.258. The molecular formula is C12H17NO2. The van der Waals surface area contributed by atoms with Crippen LogP contribution in [-0.2, 0) is 15.1 Å². The number of hydrogen-bond donors (Lipinski definition) is 1. The van der Waals surface area contributed by atoms with E-state index in [9.17, 15) is 4.79 Å². The predicted octanol–water partition coefficient (Wildman–Crippen LogP) is 1.81. The lowest BCUT2D eigenvalue weighted by molar-refractivity contribution is -0.157. The molecule has 0 spiro atoms. The summed E-state index contributed by atoms with van der Waals surface area (Å²) in [5.74, 6) is -0.258. The molecule has 0 aliphatic rings. The highest BCUT2D eigenvalue weighted by Crippen LogP contribution is 2.24. The van der Waals surface area contributed by atoms with E-state index in [2.05, 4.69) is 0 Å². The fourth-order valence-corrected chi connectivity index (χ4v) is 1.35. The summed E-state index contributed by atoms with van der Waals surface area (Å²) in [5.41, 5.74) is 5.68. The Morgan fingerprint density at radius 2 is 1.93 bits per heavy atom. The monoisotopic (exact) mass is 207 g/mol. The third kappa shape index (κ3) is 3.36. The zero-order valence-electron chi connectivity index (χ0n) is 9.19. The second-order valence-corrected chi connectivity index (χ2v) is 3.89. The van der Waals surface area contributed by atoms with E-state index in [0.717, 1.165) is 5.56 Å². The van der Waals surface area contributed by atoms with Crippen LogP contribution in [0.2, 0.25) is 0 Å². The summed E-state index contributed by atoms with van der Waals surface area (Å²) < 4.78 is 5.35. The van der Waals surface area contributed by atoms with Crippen molar-refractivity contribution in [1.29, 1.82) is 0 Å². The summed E-state index contributed by atoms with van der Waals surface area (Å²) >= 11 is 0. The maximum atomic E-state index is 11.3. The van der Waals surface area contributed by atoms with Gasteiger partial charge in [0.05, 0.1) is 6.42 Å². The van der Waals surface area contributed by atoms with E-state index in [0.29, 0.717) is 6.54 Å². The number of rotatable bonds is 4. The Morgan fingerprint density at radius 3 is 2.47 bits per heavy atom. The van der Waals surface area contributed by atoms with E-state index in [1.807, 2.05) is 44.2 Å². The largest absolute Gasteiger partial charge is 0.455 e. The van der Waals surface area contributed by atoms with Crippen LogP contribution in [0.4, 0.5) is 0 Å². The molecule has 1 aromatic carbocycles. The van der Waals surface area contributed by atoms with Crippen molar-refractivity contribution in [2.75, 3.05) is 6.54 Å². The molecule has 0 fully saturated rings. The minimum Gasteiger partial charge on any atom is -0.455 e. The molecule has 1 rings (SSSR count). The first-order valence-corrected chi connectivity index (χ1v) is 5.03. The van der Waals surface area contributed by atoms with E-state index >= 15 is 0 Å². The molecule has 0 saturated heterocycles. The number of carbonyl (C=O) groups is 1. The topological polar surface area (TPSA) is 52.3 Å². The molecule has 0 amide bonds. The molecule has 0 aliphatic carbocycles. The van der Waals surface area contributed by atoms with Gasteiger partial charge in [-0.15, -0.1) is 0 Å². The number of esters is 1.